The van der Waals surface area contributed by atoms with Gasteiger partial charge in [0.05, 0.1) is 11.1 Å². The number of hydrogen-bond acceptors (Lipinski definition) is 3. The van der Waals surface area contributed by atoms with Crippen molar-refractivity contribution in [1.29, 1.82) is 0 Å². The number of amides is 2. The van der Waals surface area contributed by atoms with Crippen molar-refractivity contribution in [2.24, 2.45) is 0 Å². The number of H-pyrrole nitrogens is 1. The van der Waals surface area contributed by atoms with E-state index in [0.29, 0.717) is 34.0 Å². The zero-order chi connectivity index (χ0) is 20.5. The summed E-state index contributed by atoms with van der Waals surface area (Å²) < 4.78 is 14.2. The molecule has 0 spiro atoms. The van der Waals surface area contributed by atoms with E-state index in [2.05, 4.69) is 20.9 Å². The lowest BCUT2D eigenvalue weighted by Gasteiger charge is -2.34. The third kappa shape index (κ3) is 3.67. The average molecular weight is 458 g/mol. The predicted molar refractivity (Wildman–Crippen MR) is 109 cm³/mol. The molecule has 1 fully saturated rings. The maximum atomic E-state index is 13.7. The number of aromatic amines is 1. The second kappa shape index (κ2) is 7.79. The highest BCUT2D eigenvalue weighted by atomic mass is 79.9. The number of Topliss-reactive ketones (excluding diaryl/α,β-unsaturated/α-hetero) is 1. The molecule has 1 aromatic heterocycles. The molecule has 0 unspecified atom stereocenters. The highest BCUT2D eigenvalue weighted by molar-refractivity contribution is 9.10. The Morgan fingerprint density at radius 3 is 2.31 bits per heavy atom. The molecule has 4 rings (SSSR count). The van der Waals surface area contributed by atoms with Crippen LogP contribution in [0.2, 0.25) is 0 Å². The molecule has 1 saturated heterocycles. The topological polar surface area (TPSA) is 73.5 Å². The van der Waals surface area contributed by atoms with Gasteiger partial charge >= 0.3 is 0 Å². The number of piperazine rings is 1. The highest BCUT2D eigenvalue weighted by Gasteiger charge is 2.30. The molecule has 8 heteroatoms. The van der Waals surface area contributed by atoms with Crippen molar-refractivity contribution < 1.29 is 18.8 Å². The molecule has 0 bridgehead atoms. The Hall–Kier alpha value is -3.00. The molecule has 0 radical (unpaired) electrons. The van der Waals surface area contributed by atoms with Crippen LogP contribution in [0, 0.1) is 5.82 Å². The molecule has 29 heavy (non-hydrogen) atoms. The van der Waals surface area contributed by atoms with Crippen LogP contribution < -0.4 is 0 Å². The number of halogens is 2. The van der Waals surface area contributed by atoms with E-state index in [1.165, 1.54) is 23.2 Å². The molecule has 2 aromatic carbocycles. The smallest absolute Gasteiger partial charge is 0.295 e. The number of carbonyl (C=O) groups excluding carboxylic acids is 3. The molecular formula is C21H17BrFN3O3. The number of nitrogens with zero attached hydrogens (tertiary/aromatic N) is 2. The molecule has 1 aliphatic heterocycles. The van der Waals surface area contributed by atoms with Crippen LogP contribution in [0.25, 0.3) is 10.9 Å². The van der Waals surface area contributed by atoms with Gasteiger partial charge in [-0.1, -0.05) is 18.2 Å². The van der Waals surface area contributed by atoms with Crippen molar-refractivity contribution >= 4 is 44.4 Å². The minimum Gasteiger partial charge on any atom is -0.359 e. The van der Waals surface area contributed by atoms with Gasteiger partial charge in [-0.2, -0.15) is 0 Å². The third-order valence-corrected chi connectivity index (χ3v) is 5.65. The second-order valence-electron chi connectivity index (χ2n) is 6.79. The summed E-state index contributed by atoms with van der Waals surface area (Å²) in [6.45, 7) is 1.23. The number of fused-ring (bicyclic) bond motifs is 1. The molecule has 6 nitrogen and oxygen atoms in total. The summed E-state index contributed by atoms with van der Waals surface area (Å²) >= 11 is 3.25. The summed E-state index contributed by atoms with van der Waals surface area (Å²) in [4.78, 5) is 44.0. The lowest BCUT2D eigenvalue weighted by Crippen LogP contribution is -2.52. The summed E-state index contributed by atoms with van der Waals surface area (Å²) in [5, 5.41) is 0.355. The van der Waals surface area contributed by atoms with Crippen molar-refractivity contribution in [2.45, 2.75) is 0 Å². The Labute approximate surface area is 174 Å². The fourth-order valence-electron chi connectivity index (χ4n) is 3.48. The van der Waals surface area contributed by atoms with Gasteiger partial charge in [0.2, 0.25) is 0 Å². The first-order valence-corrected chi connectivity index (χ1v) is 9.89. The lowest BCUT2D eigenvalue weighted by atomic mass is 10.1. The van der Waals surface area contributed by atoms with Gasteiger partial charge in [-0.05, 0) is 40.2 Å². The molecule has 148 valence electrons. The molecule has 2 heterocycles. The number of carbonyl (C=O) groups is 3. The first kappa shape index (κ1) is 19.3. The summed E-state index contributed by atoms with van der Waals surface area (Å²) in [6.07, 6.45) is 1.42. The van der Waals surface area contributed by atoms with Gasteiger partial charge in [0, 0.05) is 47.8 Å². The number of hydrogen-bond donors (Lipinski definition) is 1. The minimum atomic E-state index is -0.698. The van der Waals surface area contributed by atoms with E-state index >= 15 is 0 Å². The van der Waals surface area contributed by atoms with E-state index in [9.17, 15) is 18.8 Å². The number of rotatable bonds is 3. The van der Waals surface area contributed by atoms with E-state index in [-0.39, 0.29) is 24.6 Å². The number of ketones is 1. The van der Waals surface area contributed by atoms with E-state index in [4.69, 9.17) is 0 Å². The summed E-state index contributed by atoms with van der Waals surface area (Å²) in [5.41, 5.74) is 1.28. The maximum Gasteiger partial charge on any atom is 0.295 e. The Balaban J connectivity index is 1.46. The van der Waals surface area contributed by atoms with Crippen LogP contribution in [0.1, 0.15) is 20.7 Å². The van der Waals surface area contributed by atoms with Gasteiger partial charge in [-0.3, -0.25) is 14.4 Å². The van der Waals surface area contributed by atoms with Gasteiger partial charge in [-0.25, -0.2) is 4.39 Å². The van der Waals surface area contributed by atoms with Gasteiger partial charge in [0.15, 0.2) is 0 Å². The predicted octanol–water partition coefficient (Wildman–Crippen LogP) is 3.24. The Bertz CT molecular complexity index is 1110. The van der Waals surface area contributed by atoms with Crippen LogP contribution in [0.15, 0.2) is 53.1 Å². The summed E-state index contributed by atoms with van der Waals surface area (Å²) in [7, 11) is 0. The molecule has 1 N–H and O–H groups in total. The summed E-state index contributed by atoms with van der Waals surface area (Å²) in [5.74, 6) is -1.95. The largest absolute Gasteiger partial charge is 0.359 e. The van der Waals surface area contributed by atoms with E-state index in [0.717, 1.165) is 0 Å². The lowest BCUT2D eigenvalue weighted by molar-refractivity contribution is -0.127. The highest BCUT2D eigenvalue weighted by Crippen LogP contribution is 2.28. The Kier molecular flexibility index (Phi) is 5.19. The van der Waals surface area contributed by atoms with Gasteiger partial charge in [0.1, 0.15) is 5.82 Å². The zero-order valence-electron chi connectivity index (χ0n) is 15.3. The van der Waals surface area contributed by atoms with Crippen molar-refractivity contribution in [3.63, 3.8) is 0 Å². The molecule has 0 aliphatic carbocycles. The molecule has 0 atom stereocenters. The van der Waals surface area contributed by atoms with Crippen LogP contribution in [-0.4, -0.2) is 58.6 Å². The first-order valence-electron chi connectivity index (χ1n) is 9.10. The number of benzene rings is 2. The van der Waals surface area contributed by atoms with Gasteiger partial charge in [0.25, 0.3) is 17.6 Å². The van der Waals surface area contributed by atoms with Gasteiger partial charge < -0.3 is 14.8 Å². The van der Waals surface area contributed by atoms with Crippen molar-refractivity contribution in [3.05, 3.63) is 70.1 Å². The van der Waals surface area contributed by atoms with E-state index < -0.39 is 17.5 Å². The SMILES string of the molecule is O=C(C(=O)N1CCN(C(=O)c2ccccc2)CC1)c1c[nH]c2c(Br)cc(F)cc12. The average Bonchev–Trinajstić information content (AvgIpc) is 3.17. The molecular weight excluding hydrogens is 441 g/mol. The van der Waals surface area contributed by atoms with E-state index in [1.807, 2.05) is 6.07 Å². The number of aromatic nitrogens is 1. The quantitative estimate of drug-likeness (QED) is 0.484. The van der Waals surface area contributed by atoms with Crippen molar-refractivity contribution in [1.82, 2.24) is 14.8 Å². The van der Waals surface area contributed by atoms with Crippen LogP contribution in [0.3, 0.4) is 0 Å². The fraction of sp³-hybridized carbons (Fsp3) is 0.190. The monoisotopic (exact) mass is 457 g/mol. The molecule has 3 aromatic rings. The first-order chi connectivity index (χ1) is 14.0. The molecule has 1 aliphatic rings. The van der Waals surface area contributed by atoms with Gasteiger partial charge in [-0.15, -0.1) is 0 Å². The molecule has 0 saturated carbocycles. The van der Waals surface area contributed by atoms with E-state index in [1.54, 1.807) is 29.2 Å². The normalized spacial score (nSPS) is 14.3. The minimum absolute atomic E-state index is 0.0963. The maximum absolute atomic E-state index is 13.7. The van der Waals surface area contributed by atoms with Crippen molar-refractivity contribution in [3.8, 4) is 0 Å². The summed E-state index contributed by atoms with van der Waals surface area (Å²) in [6, 6.07) is 11.5. The second-order valence-corrected chi connectivity index (χ2v) is 7.65. The Morgan fingerprint density at radius 1 is 0.966 bits per heavy atom. The van der Waals surface area contributed by atoms with Crippen LogP contribution in [-0.2, 0) is 4.79 Å². The number of nitrogens with one attached hydrogen (secondary N) is 1. The van der Waals surface area contributed by atoms with Crippen LogP contribution in [0.5, 0.6) is 0 Å². The third-order valence-electron chi connectivity index (χ3n) is 5.02. The zero-order valence-corrected chi connectivity index (χ0v) is 16.9. The Morgan fingerprint density at radius 2 is 1.62 bits per heavy atom. The standard InChI is InChI=1S/C21H17BrFN3O3/c22-17-11-14(23)10-15-16(12-24-18(15)17)19(27)21(29)26-8-6-25(7-9-26)20(28)13-4-2-1-3-5-13/h1-5,10-12,24H,6-9H2. The van der Waals surface area contributed by atoms with Crippen molar-refractivity contribution in [2.75, 3.05) is 26.2 Å². The van der Waals surface area contributed by atoms with Crippen LogP contribution >= 0.6 is 15.9 Å². The molecule has 2 amide bonds. The van der Waals surface area contributed by atoms with Crippen LogP contribution in [0.4, 0.5) is 4.39 Å². The fourth-order valence-corrected chi connectivity index (χ4v) is 4.02.